The maximum atomic E-state index is 12.7. The predicted octanol–water partition coefficient (Wildman–Crippen LogP) is 3.51. The summed E-state index contributed by atoms with van der Waals surface area (Å²) in [6.07, 6.45) is 5.63. The molecule has 1 aliphatic heterocycles. The summed E-state index contributed by atoms with van der Waals surface area (Å²) in [6, 6.07) is 0. The van der Waals surface area contributed by atoms with Crippen LogP contribution in [0.4, 0.5) is 0 Å². The number of cyclic esters (lactones) is 1. The molecule has 0 aromatic rings. The predicted molar refractivity (Wildman–Crippen MR) is 106 cm³/mol. The Kier molecular flexibility index (Phi) is 8.63. The topological polar surface area (TPSA) is 83.8 Å². The molecule has 27 heavy (non-hydrogen) atoms. The fourth-order valence-electron chi connectivity index (χ4n) is 3.57. The van der Waals surface area contributed by atoms with Gasteiger partial charge in [-0.3, -0.25) is 9.59 Å². The summed E-state index contributed by atoms with van der Waals surface area (Å²) in [5.74, 6) is -2.40. The maximum Gasteiger partial charge on any atom is 0.316 e. The smallest absolute Gasteiger partial charge is 0.316 e. The van der Waals surface area contributed by atoms with Crippen molar-refractivity contribution in [1.82, 2.24) is 0 Å². The van der Waals surface area contributed by atoms with E-state index in [2.05, 4.69) is 6.58 Å². The average molecular weight is 379 g/mol. The minimum absolute atomic E-state index is 0.0238. The quantitative estimate of drug-likeness (QED) is 0.446. The number of esters is 1. The van der Waals surface area contributed by atoms with Crippen molar-refractivity contribution >= 4 is 11.8 Å². The lowest BCUT2D eigenvalue weighted by atomic mass is 9.84. The fourth-order valence-corrected chi connectivity index (χ4v) is 3.57. The number of Topliss-reactive ketones (excluding diaryl/α,β-unsaturated/α-hetero) is 1. The van der Waals surface area contributed by atoms with Gasteiger partial charge >= 0.3 is 5.97 Å². The van der Waals surface area contributed by atoms with Gasteiger partial charge in [-0.15, -0.1) is 0 Å². The van der Waals surface area contributed by atoms with Crippen LogP contribution in [0.2, 0.25) is 0 Å². The standard InChI is InChI=1S/C22H34O5/c1-7-8-19-17(5)11-15(3)9-14(2)10-16(4)12-22(26,13-23)20(24)18(6)21(25)27-19/h10-11,14,18-19,23,26H,3,7-9,12-13H2,1-2,4-6H3. The van der Waals surface area contributed by atoms with Crippen molar-refractivity contribution in [3.05, 3.63) is 35.5 Å². The minimum Gasteiger partial charge on any atom is -0.457 e. The molecule has 0 aromatic heterocycles. The largest absolute Gasteiger partial charge is 0.457 e. The zero-order valence-corrected chi connectivity index (χ0v) is 17.2. The van der Waals surface area contributed by atoms with Gasteiger partial charge in [0.25, 0.3) is 0 Å². The summed E-state index contributed by atoms with van der Waals surface area (Å²) in [5, 5.41) is 20.4. The number of allylic oxidation sites excluding steroid dienone is 3. The third-order valence-corrected chi connectivity index (χ3v) is 4.94. The van der Waals surface area contributed by atoms with E-state index in [1.165, 1.54) is 6.92 Å². The van der Waals surface area contributed by atoms with Crippen LogP contribution >= 0.6 is 0 Å². The number of hydrogen-bond acceptors (Lipinski definition) is 5. The van der Waals surface area contributed by atoms with E-state index < -0.39 is 36.0 Å². The van der Waals surface area contributed by atoms with Gasteiger partial charge in [0.2, 0.25) is 0 Å². The van der Waals surface area contributed by atoms with Gasteiger partial charge in [-0.05, 0) is 45.1 Å². The van der Waals surface area contributed by atoms with Gasteiger partial charge in [0, 0.05) is 6.42 Å². The van der Waals surface area contributed by atoms with Gasteiger partial charge in [0.15, 0.2) is 11.4 Å². The van der Waals surface area contributed by atoms with Gasteiger partial charge < -0.3 is 14.9 Å². The number of ketones is 1. The Morgan fingerprint density at radius 1 is 1.30 bits per heavy atom. The molecule has 0 amide bonds. The number of rotatable bonds is 3. The molecule has 4 atom stereocenters. The Hall–Kier alpha value is -1.72. The molecule has 0 radical (unpaired) electrons. The van der Waals surface area contributed by atoms with E-state index in [0.29, 0.717) is 12.8 Å². The first-order chi connectivity index (χ1) is 12.5. The van der Waals surface area contributed by atoms with Crippen LogP contribution in [0.1, 0.15) is 60.3 Å². The van der Waals surface area contributed by atoms with Gasteiger partial charge in [-0.2, -0.15) is 0 Å². The molecule has 1 aliphatic rings. The first-order valence-electron chi connectivity index (χ1n) is 9.65. The Labute approximate surface area is 162 Å². The lowest BCUT2D eigenvalue weighted by Crippen LogP contribution is -2.48. The summed E-state index contributed by atoms with van der Waals surface area (Å²) in [6.45, 7) is 12.5. The van der Waals surface area contributed by atoms with Crippen LogP contribution in [0.25, 0.3) is 0 Å². The van der Waals surface area contributed by atoms with Crippen molar-refractivity contribution in [2.75, 3.05) is 6.61 Å². The molecule has 1 heterocycles. The molecule has 2 N–H and O–H groups in total. The van der Waals surface area contributed by atoms with Crippen LogP contribution in [0, 0.1) is 11.8 Å². The lowest BCUT2D eigenvalue weighted by Gasteiger charge is -2.29. The molecule has 4 unspecified atom stereocenters. The Morgan fingerprint density at radius 3 is 2.48 bits per heavy atom. The molecule has 0 saturated carbocycles. The van der Waals surface area contributed by atoms with E-state index >= 15 is 0 Å². The minimum atomic E-state index is -2.00. The average Bonchev–Trinajstić information content (AvgIpc) is 2.58. The first kappa shape index (κ1) is 23.3. The number of ether oxygens (including phenoxy) is 1. The first-order valence-corrected chi connectivity index (χ1v) is 9.65. The van der Waals surface area contributed by atoms with Gasteiger partial charge in [0.1, 0.15) is 12.0 Å². The molecule has 152 valence electrons. The van der Waals surface area contributed by atoms with E-state index in [1.54, 1.807) is 6.92 Å². The van der Waals surface area contributed by atoms with Crippen LogP contribution < -0.4 is 0 Å². The van der Waals surface area contributed by atoms with Crippen LogP contribution in [0.15, 0.2) is 35.5 Å². The van der Waals surface area contributed by atoms with Crippen LogP contribution in [0.5, 0.6) is 0 Å². The molecular weight excluding hydrogens is 344 g/mol. The molecule has 0 fully saturated rings. The monoisotopic (exact) mass is 378 g/mol. The van der Waals surface area contributed by atoms with Crippen molar-refractivity contribution < 1.29 is 24.5 Å². The molecule has 0 saturated heterocycles. The van der Waals surface area contributed by atoms with Crippen LogP contribution in [-0.2, 0) is 14.3 Å². The van der Waals surface area contributed by atoms with E-state index in [4.69, 9.17) is 4.74 Å². The van der Waals surface area contributed by atoms with Gasteiger partial charge in [0.05, 0.1) is 6.61 Å². The zero-order valence-electron chi connectivity index (χ0n) is 17.2. The number of carbonyl (C=O) groups excluding carboxylic acids is 2. The van der Waals surface area contributed by atoms with Crippen LogP contribution in [-0.4, -0.2) is 40.3 Å². The Morgan fingerprint density at radius 2 is 1.93 bits per heavy atom. The van der Waals surface area contributed by atoms with E-state index in [-0.39, 0.29) is 12.3 Å². The zero-order chi connectivity index (χ0) is 20.8. The number of hydrogen-bond donors (Lipinski definition) is 2. The SMILES string of the molecule is C=C1C=C(C)C(CCC)OC(=O)C(C)C(=O)C(O)(CO)CC(C)=CC(C)C1. The maximum absolute atomic E-state index is 12.7. The van der Waals surface area contributed by atoms with Crippen LogP contribution in [0.3, 0.4) is 0 Å². The molecule has 0 aromatic carbocycles. The Bertz CT molecular complexity index is 631. The molecular formula is C22H34O5. The second-order valence-corrected chi connectivity index (χ2v) is 7.91. The van der Waals surface area contributed by atoms with Gasteiger partial charge in [-0.25, -0.2) is 0 Å². The molecule has 5 heteroatoms. The number of aliphatic hydroxyl groups excluding tert-OH is 1. The second-order valence-electron chi connectivity index (χ2n) is 7.91. The Balaban J connectivity index is 3.33. The fraction of sp³-hybridized carbons (Fsp3) is 0.636. The molecule has 5 nitrogen and oxygen atoms in total. The van der Waals surface area contributed by atoms with Crippen molar-refractivity contribution in [1.29, 1.82) is 0 Å². The van der Waals surface area contributed by atoms with E-state index in [0.717, 1.165) is 23.1 Å². The van der Waals surface area contributed by atoms with Gasteiger partial charge in [-0.1, -0.05) is 50.1 Å². The highest BCUT2D eigenvalue weighted by Crippen LogP contribution is 2.26. The van der Waals surface area contributed by atoms with Crippen molar-refractivity contribution in [2.45, 2.75) is 72.0 Å². The van der Waals surface area contributed by atoms with Crippen molar-refractivity contribution in [3.8, 4) is 0 Å². The summed E-state index contributed by atoms with van der Waals surface area (Å²) in [7, 11) is 0. The summed E-state index contributed by atoms with van der Waals surface area (Å²) in [5.41, 5.74) is 0.602. The summed E-state index contributed by atoms with van der Waals surface area (Å²) in [4.78, 5) is 25.3. The normalized spacial score (nSPS) is 31.7. The van der Waals surface area contributed by atoms with Crippen molar-refractivity contribution in [2.24, 2.45) is 11.8 Å². The highest BCUT2D eigenvalue weighted by molar-refractivity contribution is 6.03. The summed E-state index contributed by atoms with van der Waals surface area (Å²) < 4.78 is 5.59. The number of aliphatic hydroxyl groups is 2. The lowest BCUT2D eigenvalue weighted by molar-refractivity contribution is -0.162. The highest BCUT2D eigenvalue weighted by Gasteiger charge is 2.42. The third-order valence-electron chi connectivity index (χ3n) is 4.94. The summed E-state index contributed by atoms with van der Waals surface area (Å²) >= 11 is 0. The van der Waals surface area contributed by atoms with E-state index in [9.17, 15) is 19.8 Å². The highest BCUT2D eigenvalue weighted by atomic mass is 16.5. The van der Waals surface area contributed by atoms with E-state index in [1.807, 2.05) is 32.9 Å². The molecule has 0 spiro atoms. The molecule has 0 bridgehead atoms. The number of carbonyl (C=O) groups is 2. The van der Waals surface area contributed by atoms with Crippen molar-refractivity contribution in [3.63, 3.8) is 0 Å². The second kappa shape index (κ2) is 10.00. The molecule has 0 aliphatic carbocycles. The third kappa shape index (κ3) is 6.43. The molecule has 1 rings (SSSR count).